The van der Waals surface area contributed by atoms with Crippen molar-refractivity contribution in [3.63, 3.8) is 0 Å². The van der Waals surface area contributed by atoms with E-state index in [0.29, 0.717) is 6.61 Å². The van der Waals surface area contributed by atoms with Crippen molar-refractivity contribution in [2.75, 3.05) is 6.61 Å². The van der Waals surface area contributed by atoms with Gasteiger partial charge in [-0.2, -0.15) is 0 Å². The van der Waals surface area contributed by atoms with Gasteiger partial charge in [-0.1, -0.05) is 6.07 Å². The van der Waals surface area contributed by atoms with E-state index in [2.05, 4.69) is 15.9 Å². The number of ether oxygens (including phenoxy) is 1. The van der Waals surface area contributed by atoms with E-state index < -0.39 is 17.1 Å². The van der Waals surface area contributed by atoms with Crippen LogP contribution in [0.2, 0.25) is 0 Å². The molecule has 5 heteroatoms. The number of pyridine rings is 1. The van der Waals surface area contributed by atoms with Gasteiger partial charge in [0, 0.05) is 29.5 Å². The number of hydrogen-bond donors (Lipinski definition) is 1. The Morgan fingerprint density at radius 1 is 1.59 bits per heavy atom. The first kappa shape index (κ1) is 12.8. The molecule has 17 heavy (non-hydrogen) atoms. The molecule has 1 saturated heterocycles. The van der Waals surface area contributed by atoms with Crippen LogP contribution in [0.15, 0.2) is 18.3 Å². The molecule has 0 aliphatic carbocycles. The van der Waals surface area contributed by atoms with Gasteiger partial charge in [-0.25, -0.2) is 0 Å². The first-order valence-electron chi connectivity index (χ1n) is 5.61. The van der Waals surface area contributed by atoms with E-state index in [1.165, 1.54) is 0 Å². The molecule has 2 heterocycles. The summed E-state index contributed by atoms with van der Waals surface area (Å²) < 4.78 is 20.5. The molecular weight excluding hydrogens is 236 g/mol. The van der Waals surface area contributed by atoms with Gasteiger partial charge < -0.3 is 9.29 Å². The maximum Gasteiger partial charge on any atom is 0.190 e. The van der Waals surface area contributed by atoms with Crippen LogP contribution < -0.4 is 4.72 Å². The van der Waals surface area contributed by atoms with Gasteiger partial charge in [0.25, 0.3) is 0 Å². The molecule has 2 atom stereocenters. The van der Waals surface area contributed by atoms with Gasteiger partial charge in [-0.05, 0) is 26.8 Å². The van der Waals surface area contributed by atoms with Crippen molar-refractivity contribution >= 4 is 11.4 Å². The lowest BCUT2D eigenvalue weighted by Gasteiger charge is -2.43. The zero-order chi connectivity index (χ0) is 12.5. The second-order valence-corrected chi connectivity index (χ2v) is 7.04. The van der Waals surface area contributed by atoms with E-state index in [1.807, 2.05) is 32.9 Å². The van der Waals surface area contributed by atoms with Crippen molar-refractivity contribution < 1.29 is 9.29 Å². The van der Waals surface area contributed by atoms with Crippen LogP contribution in [0, 0.1) is 6.20 Å². The van der Waals surface area contributed by atoms with Crippen molar-refractivity contribution in [1.82, 2.24) is 9.71 Å². The van der Waals surface area contributed by atoms with Crippen LogP contribution in [-0.2, 0) is 21.8 Å². The Morgan fingerprint density at radius 3 is 2.71 bits per heavy atom. The highest BCUT2D eigenvalue weighted by atomic mass is 32.2. The fraction of sp³-hybridized carbons (Fsp3) is 0.583. The molecule has 0 amide bonds. The zero-order valence-corrected chi connectivity index (χ0v) is 11.1. The lowest BCUT2D eigenvalue weighted by molar-refractivity contribution is -0.162. The summed E-state index contributed by atoms with van der Waals surface area (Å²) in [6.07, 6.45) is 5.35. The summed E-state index contributed by atoms with van der Waals surface area (Å²) in [7, 11) is 0. The van der Waals surface area contributed by atoms with Crippen LogP contribution in [-0.4, -0.2) is 20.9 Å². The maximum atomic E-state index is 12.1. The molecule has 1 fully saturated rings. The molecule has 0 aromatic carbocycles. The Labute approximate surface area is 105 Å². The smallest absolute Gasteiger partial charge is 0.190 e. The molecule has 2 unspecified atom stereocenters. The summed E-state index contributed by atoms with van der Waals surface area (Å²) in [5.74, 6) is 0. The number of nitrogens with one attached hydrogen (secondary N) is 1. The van der Waals surface area contributed by atoms with E-state index in [-0.39, 0.29) is 4.75 Å². The normalized spacial score (nSPS) is 26.4. The summed E-state index contributed by atoms with van der Waals surface area (Å²) in [6, 6.07) is 3.72. The highest BCUT2D eigenvalue weighted by molar-refractivity contribution is 7.90. The minimum atomic E-state index is -1.18. The summed E-state index contributed by atoms with van der Waals surface area (Å²) in [5.41, 5.74) is 0.135. The lowest BCUT2D eigenvalue weighted by Crippen LogP contribution is -2.58. The number of hydrogen-bond acceptors (Lipinski definition) is 4. The van der Waals surface area contributed by atoms with Gasteiger partial charge in [0.2, 0.25) is 0 Å². The van der Waals surface area contributed by atoms with Gasteiger partial charge in [0.1, 0.15) is 4.75 Å². The molecule has 2 rings (SSSR count). The van der Waals surface area contributed by atoms with Crippen molar-refractivity contribution in [3.05, 3.63) is 30.1 Å². The van der Waals surface area contributed by atoms with Gasteiger partial charge in [0.15, 0.2) is 5.72 Å². The molecule has 1 aromatic heterocycles. The molecule has 93 valence electrons. The predicted molar refractivity (Wildman–Crippen MR) is 66.4 cm³/mol. The first-order valence-corrected chi connectivity index (χ1v) is 6.76. The van der Waals surface area contributed by atoms with E-state index >= 15 is 0 Å². The Bertz CT molecular complexity index is 374. The summed E-state index contributed by atoms with van der Waals surface area (Å²) in [5, 5.41) is 0. The molecule has 4 nitrogen and oxygen atoms in total. The average Bonchev–Trinajstić information content (AvgIpc) is 2.23. The zero-order valence-electron chi connectivity index (χ0n) is 10.3. The van der Waals surface area contributed by atoms with Crippen LogP contribution in [0.1, 0.15) is 32.8 Å². The second kappa shape index (κ2) is 4.57. The fourth-order valence-electron chi connectivity index (χ4n) is 1.51. The third-order valence-corrected chi connectivity index (χ3v) is 4.29. The Hall–Kier alpha value is -0.620. The van der Waals surface area contributed by atoms with E-state index in [1.54, 1.807) is 6.20 Å². The van der Waals surface area contributed by atoms with Gasteiger partial charge in [-0.15, -0.1) is 4.72 Å². The SMILES string of the molecule is CC(C)(C)[S+]([O-])NC1(c2[c]nccc2)CCO1. The number of aromatic nitrogens is 1. The quantitative estimate of drug-likeness (QED) is 0.830. The molecule has 0 spiro atoms. The molecule has 0 saturated carbocycles. The van der Waals surface area contributed by atoms with Gasteiger partial charge in [-0.3, -0.25) is 4.98 Å². The Kier molecular flexibility index (Phi) is 3.45. The maximum absolute atomic E-state index is 12.1. The predicted octanol–water partition coefficient (Wildman–Crippen LogP) is 1.51. The molecular formula is C12H17N2O2S. The minimum absolute atomic E-state index is 0.325. The van der Waals surface area contributed by atoms with Crippen molar-refractivity contribution in [3.8, 4) is 0 Å². The van der Waals surface area contributed by atoms with Crippen LogP contribution in [0.25, 0.3) is 0 Å². The third-order valence-electron chi connectivity index (χ3n) is 2.66. The van der Waals surface area contributed by atoms with Crippen molar-refractivity contribution in [2.24, 2.45) is 0 Å². The average molecular weight is 253 g/mol. The molecule has 0 bridgehead atoms. The molecule has 1 radical (unpaired) electrons. The first-order chi connectivity index (χ1) is 7.94. The summed E-state index contributed by atoms with van der Waals surface area (Å²) in [6.45, 7) is 6.44. The second-order valence-electron chi connectivity index (χ2n) is 5.07. The van der Waals surface area contributed by atoms with E-state index in [0.717, 1.165) is 12.0 Å². The van der Waals surface area contributed by atoms with Crippen LogP contribution in [0.3, 0.4) is 0 Å². The minimum Gasteiger partial charge on any atom is -0.598 e. The summed E-state index contributed by atoms with van der Waals surface area (Å²) in [4.78, 5) is 3.96. The highest BCUT2D eigenvalue weighted by Gasteiger charge is 2.47. The standard InChI is InChI=1S/C12H17N2O2S/c1-11(2,3)17(15)14-12(6-8-16-12)10-5-4-7-13-9-10/h4-5,7,14H,6,8H2,1-3H3. The monoisotopic (exact) mass is 253 g/mol. The van der Waals surface area contributed by atoms with E-state index in [9.17, 15) is 4.55 Å². The lowest BCUT2D eigenvalue weighted by atomic mass is 9.98. The number of rotatable bonds is 3. The van der Waals surface area contributed by atoms with Crippen LogP contribution in [0.5, 0.6) is 0 Å². The van der Waals surface area contributed by atoms with Crippen LogP contribution in [0.4, 0.5) is 0 Å². The molecule has 1 aromatic rings. The molecule has 1 aliphatic rings. The topological polar surface area (TPSA) is 57.2 Å². The number of nitrogens with zero attached hydrogens (tertiary/aromatic N) is 1. The van der Waals surface area contributed by atoms with Crippen molar-refractivity contribution in [1.29, 1.82) is 0 Å². The largest absolute Gasteiger partial charge is 0.598 e. The Morgan fingerprint density at radius 2 is 2.29 bits per heavy atom. The van der Waals surface area contributed by atoms with Crippen molar-refractivity contribution in [2.45, 2.75) is 37.7 Å². The molecule has 1 aliphatic heterocycles. The summed E-state index contributed by atoms with van der Waals surface area (Å²) >= 11 is -1.18. The highest BCUT2D eigenvalue weighted by Crippen LogP contribution is 2.36. The Balaban J connectivity index is 2.16. The van der Waals surface area contributed by atoms with E-state index in [4.69, 9.17) is 4.74 Å². The third kappa shape index (κ3) is 2.63. The van der Waals surface area contributed by atoms with Gasteiger partial charge >= 0.3 is 0 Å². The molecule has 1 N–H and O–H groups in total. The fourth-order valence-corrected chi connectivity index (χ4v) is 2.38. The van der Waals surface area contributed by atoms with Crippen LogP contribution >= 0.6 is 0 Å². The van der Waals surface area contributed by atoms with Gasteiger partial charge in [0.05, 0.1) is 12.8 Å².